The first-order chi connectivity index (χ1) is 14.4. The second-order valence-electron chi connectivity index (χ2n) is 6.77. The molecular formula is C24H16Cl2O4. The lowest BCUT2D eigenvalue weighted by atomic mass is 10.1. The Labute approximate surface area is 182 Å². The van der Waals surface area contributed by atoms with Gasteiger partial charge in [0.25, 0.3) is 0 Å². The van der Waals surface area contributed by atoms with Gasteiger partial charge in [-0.2, -0.15) is 0 Å². The van der Waals surface area contributed by atoms with Crippen molar-refractivity contribution in [1.82, 2.24) is 0 Å². The molecule has 0 saturated heterocycles. The van der Waals surface area contributed by atoms with E-state index < -0.39 is 5.43 Å². The number of fused-ring (bicyclic) bond motifs is 1. The molecule has 0 aliphatic carbocycles. The Morgan fingerprint density at radius 3 is 2.40 bits per heavy atom. The highest BCUT2D eigenvalue weighted by Gasteiger charge is 2.20. The molecule has 0 unspecified atom stereocenters. The summed E-state index contributed by atoms with van der Waals surface area (Å²) >= 11 is 12.2. The van der Waals surface area contributed by atoms with Crippen molar-refractivity contribution in [2.45, 2.75) is 6.92 Å². The van der Waals surface area contributed by atoms with Crippen molar-refractivity contribution in [2.75, 3.05) is 6.61 Å². The van der Waals surface area contributed by atoms with Gasteiger partial charge in [-0.25, -0.2) is 0 Å². The highest BCUT2D eigenvalue weighted by atomic mass is 35.5. The molecule has 1 heterocycles. The Kier molecular flexibility index (Phi) is 5.62. The second kappa shape index (κ2) is 8.34. The minimum atomic E-state index is -0.399. The van der Waals surface area contributed by atoms with Gasteiger partial charge in [-0.3, -0.25) is 9.59 Å². The van der Waals surface area contributed by atoms with E-state index in [2.05, 4.69) is 0 Å². The molecule has 0 amide bonds. The summed E-state index contributed by atoms with van der Waals surface area (Å²) in [6.07, 6.45) is 0. The second-order valence-corrected chi connectivity index (χ2v) is 7.62. The van der Waals surface area contributed by atoms with E-state index in [1.54, 1.807) is 60.7 Å². The van der Waals surface area contributed by atoms with Crippen LogP contribution in [0, 0.1) is 6.92 Å². The lowest BCUT2D eigenvalue weighted by molar-refractivity contribution is 0.0920. The first kappa shape index (κ1) is 20.2. The summed E-state index contributed by atoms with van der Waals surface area (Å²) < 4.78 is 11.8. The number of benzene rings is 3. The van der Waals surface area contributed by atoms with Gasteiger partial charge in [-0.1, -0.05) is 53.5 Å². The largest absolute Gasteiger partial charge is 0.478 e. The molecule has 0 atom stereocenters. The lowest BCUT2D eigenvalue weighted by Gasteiger charge is -2.12. The monoisotopic (exact) mass is 438 g/mol. The highest BCUT2D eigenvalue weighted by Crippen LogP contribution is 2.33. The van der Waals surface area contributed by atoms with Crippen molar-refractivity contribution in [2.24, 2.45) is 0 Å². The van der Waals surface area contributed by atoms with E-state index in [0.717, 1.165) is 5.56 Å². The summed E-state index contributed by atoms with van der Waals surface area (Å²) in [7, 11) is 0. The predicted octanol–water partition coefficient (Wildman–Crippen LogP) is 6.34. The van der Waals surface area contributed by atoms with E-state index in [9.17, 15) is 9.59 Å². The van der Waals surface area contributed by atoms with Crippen LogP contribution in [-0.2, 0) is 0 Å². The SMILES string of the molecule is Cc1cc2oc(-c3ccc(Cl)cc3)c(OCC(=O)c3ccccc3)c(=O)c2cc1Cl. The molecule has 6 heteroatoms. The molecule has 0 radical (unpaired) electrons. The first-order valence-corrected chi connectivity index (χ1v) is 9.93. The van der Waals surface area contributed by atoms with Crippen LogP contribution in [-0.4, -0.2) is 12.4 Å². The summed E-state index contributed by atoms with van der Waals surface area (Å²) in [5, 5.41) is 1.28. The molecule has 30 heavy (non-hydrogen) atoms. The molecule has 4 rings (SSSR count). The van der Waals surface area contributed by atoms with Gasteiger partial charge in [-0.15, -0.1) is 0 Å². The molecule has 0 aliphatic rings. The Bertz CT molecular complexity index is 1290. The molecule has 4 nitrogen and oxygen atoms in total. The number of ketones is 1. The summed E-state index contributed by atoms with van der Waals surface area (Å²) in [5.41, 5.74) is 1.86. The number of ether oxygens (including phenoxy) is 1. The van der Waals surface area contributed by atoms with Crippen LogP contribution in [0.25, 0.3) is 22.3 Å². The Hall–Kier alpha value is -3.08. The highest BCUT2D eigenvalue weighted by molar-refractivity contribution is 6.32. The minimum Gasteiger partial charge on any atom is -0.478 e. The zero-order valence-electron chi connectivity index (χ0n) is 15.9. The van der Waals surface area contributed by atoms with Crippen LogP contribution >= 0.6 is 23.2 Å². The molecule has 0 spiro atoms. The topological polar surface area (TPSA) is 56.5 Å². The molecule has 4 aromatic rings. The number of rotatable bonds is 5. The average Bonchev–Trinajstić information content (AvgIpc) is 2.75. The van der Waals surface area contributed by atoms with Gasteiger partial charge in [0.15, 0.2) is 18.2 Å². The minimum absolute atomic E-state index is 0.0472. The first-order valence-electron chi connectivity index (χ1n) is 9.18. The van der Waals surface area contributed by atoms with Gasteiger partial charge in [0, 0.05) is 21.2 Å². The van der Waals surface area contributed by atoms with Crippen LogP contribution in [0.15, 0.2) is 75.9 Å². The smallest absolute Gasteiger partial charge is 0.235 e. The average molecular weight is 439 g/mol. The fraction of sp³-hybridized carbons (Fsp3) is 0.0833. The van der Waals surface area contributed by atoms with Gasteiger partial charge < -0.3 is 9.15 Å². The maximum absolute atomic E-state index is 13.2. The zero-order valence-corrected chi connectivity index (χ0v) is 17.5. The van der Waals surface area contributed by atoms with E-state index >= 15 is 0 Å². The van der Waals surface area contributed by atoms with Crippen molar-refractivity contribution in [1.29, 1.82) is 0 Å². The van der Waals surface area contributed by atoms with E-state index in [4.69, 9.17) is 32.4 Å². The maximum atomic E-state index is 13.2. The molecule has 3 aromatic carbocycles. The van der Waals surface area contributed by atoms with Crippen LogP contribution < -0.4 is 10.2 Å². The number of carbonyl (C=O) groups is 1. The number of halogens is 2. The number of hydrogen-bond donors (Lipinski definition) is 0. The van der Waals surface area contributed by atoms with Crippen LogP contribution in [0.3, 0.4) is 0 Å². The van der Waals surface area contributed by atoms with Gasteiger partial charge in [-0.05, 0) is 48.9 Å². The number of hydrogen-bond acceptors (Lipinski definition) is 4. The Morgan fingerprint density at radius 2 is 1.70 bits per heavy atom. The third-order valence-electron chi connectivity index (χ3n) is 4.68. The molecule has 0 fully saturated rings. The van der Waals surface area contributed by atoms with Crippen molar-refractivity contribution >= 4 is 40.0 Å². The zero-order chi connectivity index (χ0) is 21.3. The molecule has 0 saturated carbocycles. The maximum Gasteiger partial charge on any atom is 0.235 e. The van der Waals surface area contributed by atoms with Crippen LogP contribution in [0.2, 0.25) is 10.0 Å². The van der Waals surface area contributed by atoms with Crippen LogP contribution in [0.1, 0.15) is 15.9 Å². The van der Waals surface area contributed by atoms with Gasteiger partial charge in [0.1, 0.15) is 5.58 Å². The number of aryl methyl sites for hydroxylation is 1. The van der Waals surface area contributed by atoms with E-state index in [0.29, 0.717) is 26.8 Å². The summed E-state index contributed by atoms with van der Waals surface area (Å²) in [5.74, 6) is -0.0696. The van der Waals surface area contributed by atoms with Gasteiger partial charge >= 0.3 is 0 Å². The predicted molar refractivity (Wildman–Crippen MR) is 119 cm³/mol. The van der Waals surface area contributed by atoms with Gasteiger partial charge in [0.2, 0.25) is 11.2 Å². The molecule has 150 valence electrons. The standard InChI is InChI=1S/C24H16Cl2O4/c1-14-11-21-18(12-19(14)26)22(28)24(23(30-21)16-7-9-17(25)10-8-16)29-13-20(27)15-5-3-2-4-6-15/h2-12H,13H2,1H3. The lowest BCUT2D eigenvalue weighted by Crippen LogP contribution is -2.17. The normalized spacial score (nSPS) is 10.9. The van der Waals surface area contributed by atoms with E-state index in [1.807, 2.05) is 13.0 Å². The van der Waals surface area contributed by atoms with Gasteiger partial charge in [0.05, 0.1) is 5.39 Å². The van der Waals surface area contributed by atoms with Crippen LogP contribution in [0.5, 0.6) is 5.75 Å². The Morgan fingerprint density at radius 1 is 1.00 bits per heavy atom. The quantitative estimate of drug-likeness (QED) is 0.341. The van der Waals surface area contributed by atoms with E-state index in [1.165, 1.54) is 0 Å². The fourth-order valence-electron chi connectivity index (χ4n) is 3.07. The molecule has 0 aliphatic heterocycles. The summed E-state index contributed by atoms with van der Waals surface area (Å²) in [6, 6.07) is 18.8. The summed E-state index contributed by atoms with van der Waals surface area (Å²) in [6.45, 7) is 1.52. The molecule has 0 bridgehead atoms. The van der Waals surface area contributed by atoms with Crippen molar-refractivity contribution in [3.63, 3.8) is 0 Å². The molecular weight excluding hydrogens is 423 g/mol. The fourth-order valence-corrected chi connectivity index (χ4v) is 3.36. The van der Waals surface area contributed by atoms with Crippen LogP contribution in [0.4, 0.5) is 0 Å². The molecule has 0 N–H and O–H groups in total. The molecule has 1 aromatic heterocycles. The third-order valence-corrected chi connectivity index (χ3v) is 5.34. The van der Waals surface area contributed by atoms with Crippen molar-refractivity contribution in [3.05, 3.63) is 98.1 Å². The van der Waals surface area contributed by atoms with Crippen molar-refractivity contribution < 1.29 is 13.9 Å². The summed E-state index contributed by atoms with van der Waals surface area (Å²) in [4.78, 5) is 25.7. The number of Topliss-reactive ketones (excluding diaryl/α,β-unsaturated/α-hetero) is 1. The number of carbonyl (C=O) groups excluding carboxylic acids is 1. The van der Waals surface area contributed by atoms with E-state index in [-0.39, 0.29) is 29.3 Å². The van der Waals surface area contributed by atoms with Crippen molar-refractivity contribution in [3.8, 4) is 17.1 Å². The third kappa shape index (κ3) is 3.97. The Balaban J connectivity index is 1.83.